The first-order valence-electron chi connectivity index (χ1n) is 8.88. The summed E-state index contributed by atoms with van der Waals surface area (Å²) < 4.78 is 0. The minimum Gasteiger partial charge on any atom is -0.388 e. The minimum absolute atomic E-state index is 0.0246. The second-order valence-electron chi connectivity index (χ2n) is 7.36. The molecular weight excluding hydrogens is 304 g/mol. The van der Waals surface area contributed by atoms with Gasteiger partial charge in [-0.05, 0) is 43.4 Å². The molecule has 2 amide bonds. The Morgan fingerprint density at radius 1 is 1.25 bits per heavy atom. The van der Waals surface area contributed by atoms with E-state index in [0.29, 0.717) is 17.2 Å². The van der Waals surface area contributed by atoms with Crippen molar-refractivity contribution in [3.8, 4) is 0 Å². The monoisotopic (exact) mass is 330 g/mol. The van der Waals surface area contributed by atoms with E-state index in [1.807, 2.05) is 0 Å². The van der Waals surface area contributed by atoms with Crippen molar-refractivity contribution in [2.24, 2.45) is 11.8 Å². The molecule has 130 valence electrons. The average molecular weight is 330 g/mol. The molecule has 0 spiro atoms. The lowest BCUT2D eigenvalue weighted by Gasteiger charge is -2.32. The molecule has 2 aliphatic carbocycles. The van der Waals surface area contributed by atoms with Crippen molar-refractivity contribution < 1.29 is 14.7 Å². The van der Waals surface area contributed by atoms with Crippen LogP contribution in [0.25, 0.3) is 0 Å². The lowest BCUT2D eigenvalue weighted by Crippen LogP contribution is -2.44. The fraction of sp³-hybridized carbons (Fsp3) is 0.579. The van der Waals surface area contributed by atoms with Crippen molar-refractivity contribution in [3.63, 3.8) is 0 Å². The van der Waals surface area contributed by atoms with Crippen LogP contribution in [0.5, 0.6) is 0 Å². The van der Waals surface area contributed by atoms with E-state index in [2.05, 4.69) is 17.6 Å². The molecule has 1 aromatic carbocycles. The summed E-state index contributed by atoms with van der Waals surface area (Å²) in [5.74, 6) is 0.359. The van der Waals surface area contributed by atoms with Gasteiger partial charge < -0.3 is 15.7 Å². The van der Waals surface area contributed by atoms with Crippen molar-refractivity contribution in [2.45, 2.75) is 51.0 Å². The van der Waals surface area contributed by atoms with Gasteiger partial charge in [-0.3, -0.25) is 9.59 Å². The van der Waals surface area contributed by atoms with Crippen LogP contribution in [-0.4, -0.2) is 29.1 Å². The number of hydrogen-bond acceptors (Lipinski definition) is 3. The molecule has 3 N–H and O–H groups in total. The maximum atomic E-state index is 12.3. The van der Waals surface area contributed by atoms with Crippen LogP contribution < -0.4 is 10.6 Å². The van der Waals surface area contributed by atoms with E-state index in [-0.39, 0.29) is 24.3 Å². The molecule has 2 atom stereocenters. The molecule has 2 fully saturated rings. The molecule has 5 nitrogen and oxygen atoms in total. The Morgan fingerprint density at radius 3 is 2.62 bits per heavy atom. The molecule has 0 aromatic heterocycles. The second kappa shape index (κ2) is 6.93. The minimum atomic E-state index is -0.776. The van der Waals surface area contributed by atoms with Crippen LogP contribution in [0.2, 0.25) is 0 Å². The van der Waals surface area contributed by atoms with Gasteiger partial charge in [0.15, 0.2) is 0 Å². The number of carbonyl (C=O) groups is 2. The van der Waals surface area contributed by atoms with Gasteiger partial charge in [-0.25, -0.2) is 0 Å². The summed E-state index contributed by atoms with van der Waals surface area (Å²) in [4.78, 5) is 24.3. The van der Waals surface area contributed by atoms with Gasteiger partial charge >= 0.3 is 0 Å². The molecule has 2 aliphatic rings. The zero-order valence-electron chi connectivity index (χ0n) is 14.2. The van der Waals surface area contributed by atoms with E-state index in [0.717, 1.165) is 38.5 Å². The number of aliphatic hydroxyl groups is 1. The summed E-state index contributed by atoms with van der Waals surface area (Å²) in [5, 5.41) is 16.2. The molecule has 0 radical (unpaired) electrons. The number of hydrogen-bond donors (Lipinski definition) is 3. The van der Waals surface area contributed by atoms with Crippen LogP contribution in [0, 0.1) is 11.8 Å². The lowest BCUT2D eigenvalue weighted by molar-refractivity contribution is -0.117. The Bertz CT molecular complexity index is 623. The fourth-order valence-electron chi connectivity index (χ4n) is 3.39. The molecule has 0 heterocycles. The van der Waals surface area contributed by atoms with Crippen LogP contribution in [0.3, 0.4) is 0 Å². The van der Waals surface area contributed by atoms with Gasteiger partial charge in [-0.1, -0.05) is 32.3 Å². The SMILES string of the molecule is CC1CC1C(=O)Nc1cccc(C(=O)NCC2(O)CCCCC2)c1. The van der Waals surface area contributed by atoms with Crippen LogP contribution in [0.1, 0.15) is 55.8 Å². The number of nitrogens with one attached hydrogen (secondary N) is 2. The molecule has 2 unspecified atom stereocenters. The first-order chi connectivity index (χ1) is 11.5. The molecule has 1 aromatic rings. The molecule has 2 saturated carbocycles. The van der Waals surface area contributed by atoms with Crippen molar-refractivity contribution >= 4 is 17.5 Å². The summed E-state index contributed by atoms with van der Waals surface area (Å²) in [6, 6.07) is 6.95. The van der Waals surface area contributed by atoms with Crippen LogP contribution in [-0.2, 0) is 4.79 Å². The fourth-order valence-corrected chi connectivity index (χ4v) is 3.39. The molecule has 0 aliphatic heterocycles. The van der Waals surface area contributed by atoms with Gasteiger partial charge in [-0.15, -0.1) is 0 Å². The highest BCUT2D eigenvalue weighted by molar-refractivity contribution is 5.98. The number of carbonyl (C=O) groups excluding carboxylic acids is 2. The van der Waals surface area contributed by atoms with Crippen LogP contribution in [0.4, 0.5) is 5.69 Å². The average Bonchev–Trinajstić information content (AvgIpc) is 3.31. The van der Waals surface area contributed by atoms with E-state index in [4.69, 9.17) is 0 Å². The van der Waals surface area contributed by atoms with Crippen molar-refractivity contribution in [1.29, 1.82) is 0 Å². The number of amides is 2. The highest BCUT2D eigenvalue weighted by atomic mass is 16.3. The molecule has 0 saturated heterocycles. The zero-order chi connectivity index (χ0) is 17.2. The Balaban J connectivity index is 1.56. The zero-order valence-corrected chi connectivity index (χ0v) is 14.2. The lowest BCUT2D eigenvalue weighted by atomic mass is 9.85. The molecule has 3 rings (SSSR count). The summed E-state index contributed by atoms with van der Waals surface area (Å²) in [6.07, 6.45) is 5.58. The maximum absolute atomic E-state index is 12.3. The molecule has 24 heavy (non-hydrogen) atoms. The van der Waals surface area contributed by atoms with Gasteiger partial charge in [0.05, 0.1) is 5.60 Å². The normalized spacial score (nSPS) is 24.9. The van der Waals surface area contributed by atoms with Gasteiger partial charge in [0.25, 0.3) is 5.91 Å². The summed E-state index contributed by atoms with van der Waals surface area (Å²) in [7, 11) is 0. The van der Waals surface area contributed by atoms with E-state index in [1.165, 1.54) is 0 Å². The Kier molecular flexibility index (Phi) is 4.90. The van der Waals surface area contributed by atoms with Crippen molar-refractivity contribution in [3.05, 3.63) is 29.8 Å². The predicted octanol–water partition coefficient (Wildman–Crippen LogP) is 2.71. The van der Waals surface area contributed by atoms with Gasteiger partial charge in [0.1, 0.15) is 0 Å². The summed E-state index contributed by atoms with van der Waals surface area (Å²) in [6.45, 7) is 2.34. The first-order valence-corrected chi connectivity index (χ1v) is 8.88. The van der Waals surface area contributed by atoms with Gasteiger partial charge in [-0.2, -0.15) is 0 Å². The Hall–Kier alpha value is -1.88. The third-order valence-electron chi connectivity index (χ3n) is 5.20. The maximum Gasteiger partial charge on any atom is 0.251 e. The van der Waals surface area contributed by atoms with E-state index in [9.17, 15) is 14.7 Å². The predicted molar refractivity (Wildman–Crippen MR) is 92.7 cm³/mol. The number of anilines is 1. The van der Waals surface area contributed by atoms with Gasteiger partial charge in [0, 0.05) is 23.7 Å². The van der Waals surface area contributed by atoms with E-state index < -0.39 is 5.60 Å². The molecule has 0 bridgehead atoms. The first kappa shape index (κ1) is 17.0. The van der Waals surface area contributed by atoms with Crippen LogP contribution in [0.15, 0.2) is 24.3 Å². The molecular formula is C19H26N2O3. The third kappa shape index (κ3) is 4.15. The third-order valence-corrected chi connectivity index (χ3v) is 5.20. The second-order valence-corrected chi connectivity index (χ2v) is 7.36. The smallest absolute Gasteiger partial charge is 0.251 e. The van der Waals surface area contributed by atoms with Crippen LogP contribution >= 0.6 is 0 Å². The highest BCUT2D eigenvalue weighted by Gasteiger charge is 2.39. The Morgan fingerprint density at radius 2 is 1.96 bits per heavy atom. The highest BCUT2D eigenvalue weighted by Crippen LogP contribution is 2.38. The number of benzene rings is 1. The summed E-state index contributed by atoms with van der Waals surface area (Å²) >= 11 is 0. The van der Waals surface area contributed by atoms with Crippen molar-refractivity contribution in [2.75, 3.05) is 11.9 Å². The standard InChI is InChI=1S/C19H26N2O3/c1-13-10-16(13)18(23)21-15-7-5-6-14(11-15)17(22)20-12-19(24)8-3-2-4-9-19/h5-7,11,13,16,24H,2-4,8-10,12H2,1H3,(H,20,22)(H,21,23). The van der Waals surface area contributed by atoms with E-state index >= 15 is 0 Å². The number of rotatable bonds is 5. The Labute approximate surface area is 142 Å². The van der Waals surface area contributed by atoms with Gasteiger partial charge in [0.2, 0.25) is 5.91 Å². The van der Waals surface area contributed by atoms with E-state index in [1.54, 1.807) is 24.3 Å². The molecule has 5 heteroatoms. The largest absolute Gasteiger partial charge is 0.388 e. The van der Waals surface area contributed by atoms with Crippen molar-refractivity contribution in [1.82, 2.24) is 5.32 Å². The quantitative estimate of drug-likeness (QED) is 0.777. The summed E-state index contributed by atoms with van der Waals surface area (Å²) in [5.41, 5.74) is 0.362. The topological polar surface area (TPSA) is 78.4 Å².